The van der Waals surface area contributed by atoms with Crippen molar-refractivity contribution in [3.8, 4) is 0 Å². The number of aliphatic hydroxyl groups is 1. The Morgan fingerprint density at radius 3 is 2.92 bits per heavy atom. The molecule has 2 rings (SSSR count). The molecule has 5 heteroatoms. The molecule has 1 aliphatic heterocycles. The van der Waals surface area contributed by atoms with Gasteiger partial charge in [0.05, 0.1) is 15.6 Å². The molecule has 1 N–H and O–H groups in total. The number of aryl methyl sites for hydroxylation is 1. The molecule has 72 valence electrons. The summed E-state index contributed by atoms with van der Waals surface area (Å²) < 4.78 is 1.09. The van der Waals surface area contributed by atoms with Gasteiger partial charge in [0, 0.05) is 13.1 Å². The molecule has 0 aliphatic carbocycles. The predicted octanol–water partition coefficient (Wildman–Crippen LogP) is 1.79. The highest BCUT2D eigenvalue weighted by Crippen LogP contribution is 2.32. The zero-order chi connectivity index (χ0) is 9.42. The van der Waals surface area contributed by atoms with E-state index in [-0.39, 0.29) is 6.10 Å². The van der Waals surface area contributed by atoms with Gasteiger partial charge in [-0.1, -0.05) is 11.3 Å². The van der Waals surface area contributed by atoms with Crippen molar-refractivity contribution in [2.75, 3.05) is 18.0 Å². The zero-order valence-electron chi connectivity index (χ0n) is 7.33. The Hall–Kier alpha value is -0.130. The molecule has 2 heterocycles. The van der Waals surface area contributed by atoms with Gasteiger partial charge in [-0.15, -0.1) is 0 Å². The van der Waals surface area contributed by atoms with Crippen LogP contribution < -0.4 is 4.90 Å². The molecule has 13 heavy (non-hydrogen) atoms. The summed E-state index contributed by atoms with van der Waals surface area (Å²) in [6, 6.07) is 0. The number of β-amino-alcohol motifs (C(OH)–C–C–N with tert-alkyl or cyclic N) is 1. The SMILES string of the molecule is Cc1nc(N2CCC(O)C2)sc1Br. The summed E-state index contributed by atoms with van der Waals surface area (Å²) in [6.07, 6.45) is 0.680. The maximum absolute atomic E-state index is 9.36. The fourth-order valence-corrected chi connectivity index (χ4v) is 2.77. The van der Waals surface area contributed by atoms with E-state index in [2.05, 4.69) is 25.8 Å². The van der Waals surface area contributed by atoms with E-state index in [0.29, 0.717) is 0 Å². The Morgan fingerprint density at radius 2 is 2.46 bits per heavy atom. The van der Waals surface area contributed by atoms with Crippen LogP contribution in [-0.4, -0.2) is 29.3 Å². The van der Waals surface area contributed by atoms with Gasteiger partial charge in [-0.25, -0.2) is 4.98 Å². The minimum absolute atomic E-state index is 0.178. The number of thiazole rings is 1. The van der Waals surface area contributed by atoms with Crippen LogP contribution in [0.2, 0.25) is 0 Å². The van der Waals surface area contributed by atoms with Crippen LogP contribution in [0.5, 0.6) is 0 Å². The van der Waals surface area contributed by atoms with Crippen molar-refractivity contribution in [1.82, 2.24) is 4.98 Å². The number of hydrogen-bond acceptors (Lipinski definition) is 4. The fraction of sp³-hybridized carbons (Fsp3) is 0.625. The van der Waals surface area contributed by atoms with Crippen molar-refractivity contribution in [1.29, 1.82) is 0 Å². The first-order chi connectivity index (χ1) is 6.16. The van der Waals surface area contributed by atoms with Gasteiger partial charge in [0.25, 0.3) is 0 Å². The normalized spacial score (nSPS) is 22.7. The second-order valence-corrected chi connectivity index (χ2v) is 5.54. The molecule has 0 spiro atoms. The van der Waals surface area contributed by atoms with E-state index in [0.717, 1.165) is 34.1 Å². The van der Waals surface area contributed by atoms with Crippen LogP contribution in [0.15, 0.2) is 3.79 Å². The van der Waals surface area contributed by atoms with E-state index < -0.39 is 0 Å². The molecule has 0 radical (unpaired) electrons. The summed E-state index contributed by atoms with van der Waals surface area (Å²) in [5.74, 6) is 0. The number of aromatic nitrogens is 1. The largest absolute Gasteiger partial charge is 0.391 e. The summed E-state index contributed by atoms with van der Waals surface area (Å²) in [4.78, 5) is 6.55. The molecule has 1 aromatic rings. The molecule has 3 nitrogen and oxygen atoms in total. The minimum Gasteiger partial charge on any atom is -0.391 e. The smallest absolute Gasteiger partial charge is 0.186 e. The lowest BCUT2D eigenvalue weighted by Crippen LogP contribution is -2.20. The Labute approximate surface area is 89.5 Å². The predicted molar refractivity (Wildman–Crippen MR) is 57.4 cm³/mol. The monoisotopic (exact) mass is 262 g/mol. The molecule has 1 aliphatic rings. The van der Waals surface area contributed by atoms with Gasteiger partial charge in [-0.2, -0.15) is 0 Å². The van der Waals surface area contributed by atoms with Gasteiger partial charge < -0.3 is 10.0 Å². The lowest BCUT2D eigenvalue weighted by molar-refractivity contribution is 0.198. The van der Waals surface area contributed by atoms with Crippen LogP contribution in [-0.2, 0) is 0 Å². The number of nitrogens with zero attached hydrogens (tertiary/aromatic N) is 2. The molecule has 1 aromatic heterocycles. The van der Waals surface area contributed by atoms with Crippen LogP contribution in [0.25, 0.3) is 0 Å². The van der Waals surface area contributed by atoms with Crippen molar-refractivity contribution in [3.63, 3.8) is 0 Å². The molecule has 0 amide bonds. The van der Waals surface area contributed by atoms with Gasteiger partial charge >= 0.3 is 0 Å². The standard InChI is InChI=1S/C8H11BrN2OS/c1-5-7(9)13-8(10-5)11-3-2-6(12)4-11/h6,12H,2-4H2,1H3. The van der Waals surface area contributed by atoms with E-state index in [1.165, 1.54) is 0 Å². The van der Waals surface area contributed by atoms with Crippen LogP contribution in [0.1, 0.15) is 12.1 Å². The molecular formula is C8H11BrN2OS. The molecule has 1 atom stereocenters. The maximum Gasteiger partial charge on any atom is 0.186 e. The topological polar surface area (TPSA) is 36.4 Å². The van der Waals surface area contributed by atoms with Crippen LogP contribution in [0.3, 0.4) is 0 Å². The Balaban J connectivity index is 2.17. The second-order valence-electron chi connectivity index (χ2n) is 3.24. The third-order valence-corrected chi connectivity index (χ3v) is 4.23. The van der Waals surface area contributed by atoms with E-state index in [1.54, 1.807) is 11.3 Å². The number of hydrogen-bond donors (Lipinski definition) is 1. The number of anilines is 1. The maximum atomic E-state index is 9.36. The average Bonchev–Trinajstić information content (AvgIpc) is 2.61. The first-order valence-corrected chi connectivity index (χ1v) is 5.83. The summed E-state index contributed by atoms with van der Waals surface area (Å²) in [6.45, 7) is 3.62. The van der Waals surface area contributed by atoms with E-state index in [1.807, 2.05) is 6.92 Å². The van der Waals surface area contributed by atoms with Gasteiger partial charge in [0.1, 0.15) is 0 Å². The van der Waals surface area contributed by atoms with Crippen LogP contribution in [0.4, 0.5) is 5.13 Å². The highest BCUT2D eigenvalue weighted by molar-refractivity contribution is 9.11. The van der Waals surface area contributed by atoms with Gasteiger partial charge in [-0.05, 0) is 29.3 Å². The van der Waals surface area contributed by atoms with Gasteiger partial charge in [0.2, 0.25) is 0 Å². The van der Waals surface area contributed by atoms with Crippen LogP contribution in [0, 0.1) is 6.92 Å². The molecule has 1 saturated heterocycles. The number of rotatable bonds is 1. The van der Waals surface area contributed by atoms with Crippen molar-refractivity contribution in [3.05, 3.63) is 9.48 Å². The summed E-state index contributed by atoms with van der Waals surface area (Å²) in [5, 5.41) is 10.4. The van der Waals surface area contributed by atoms with Gasteiger partial charge in [0.15, 0.2) is 5.13 Å². The van der Waals surface area contributed by atoms with E-state index >= 15 is 0 Å². The molecule has 0 saturated carbocycles. The fourth-order valence-electron chi connectivity index (χ4n) is 1.42. The quantitative estimate of drug-likeness (QED) is 0.839. The summed E-state index contributed by atoms with van der Waals surface area (Å²) in [7, 11) is 0. The lowest BCUT2D eigenvalue weighted by atomic mass is 10.3. The van der Waals surface area contributed by atoms with Crippen molar-refractivity contribution in [2.45, 2.75) is 19.4 Å². The summed E-state index contributed by atoms with van der Waals surface area (Å²) in [5.41, 5.74) is 1.03. The van der Waals surface area contributed by atoms with Crippen molar-refractivity contribution in [2.24, 2.45) is 0 Å². The zero-order valence-corrected chi connectivity index (χ0v) is 9.73. The van der Waals surface area contributed by atoms with Crippen molar-refractivity contribution < 1.29 is 5.11 Å². The Bertz CT molecular complexity index is 296. The minimum atomic E-state index is -0.178. The number of halogens is 1. The van der Waals surface area contributed by atoms with E-state index in [9.17, 15) is 5.11 Å². The molecule has 1 fully saturated rings. The first-order valence-electron chi connectivity index (χ1n) is 4.23. The van der Waals surface area contributed by atoms with E-state index in [4.69, 9.17) is 0 Å². The molecule has 1 unspecified atom stereocenters. The Kier molecular flexibility index (Phi) is 2.58. The lowest BCUT2D eigenvalue weighted by Gasteiger charge is -2.12. The highest BCUT2D eigenvalue weighted by atomic mass is 79.9. The molecule has 0 bridgehead atoms. The molecular weight excluding hydrogens is 252 g/mol. The second kappa shape index (κ2) is 3.55. The average molecular weight is 263 g/mol. The summed E-state index contributed by atoms with van der Waals surface area (Å²) >= 11 is 5.08. The van der Waals surface area contributed by atoms with Gasteiger partial charge in [-0.3, -0.25) is 0 Å². The Morgan fingerprint density at radius 1 is 1.69 bits per heavy atom. The third kappa shape index (κ3) is 1.87. The highest BCUT2D eigenvalue weighted by Gasteiger charge is 2.23. The number of aliphatic hydroxyl groups excluding tert-OH is 1. The van der Waals surface area contributed by atoms with Crippen molar-refractivity contribution >= 4 is 32.4 Å². The third-order valence-electron chi connectivity index (χ3n) is 2.16. The molecule has 0 aromatic carbocycles. The van der Waals surface area contributed by atoms with Crippen LogP contribution >= 0.6 is 27.3 Å². The first kappa shape index (κ1) is 9.43.